The quantitative estimate of drug-likeness (QED) is 0.111. The van der Waals surface area contributed by atoms with Gasteiger partial charge in [-0.25, -0.2) is 14.6 Å². The molecule has 50 heavy (non-hydrogen) atoms. The zero-order valence-electron chi connectivity index (χ0n) is 30.1. The monoisotopic (exact) mass is 717 g/mol. The highest BCUT2D eigenvalue weighted by Gasteiger charge is 2.29. The first-order valence-corrected chi connectivity index (χ1v) is 19.1. The number of aromatic nitrogens is 2. The number of nitrogens with one attached hydrogen (secondary N) is 1. The zero-order chi connectivity index (χ0) is 36.0. The Labute approximate surface area is 305 Å². The van der Waals surface area contributed by atoms with Crippen molar-refractivity contribution < 1.29 is 19.1 Å². The molecule has 0 radical (unpaired) electrons. The van der Waals surface area contributed by atoms with Gasteiger partial charge >= 0.3 is 12.1 Å². The summed E-state index contributed by atoms with van der Waals surface area (Å²) in [5.41, 5.74) is 4.84. The minimum Gasteiger partial charge on any atom is -0.444 e. The fourth-order valence-corrected chi connectivity index (χ4v) is 7.25. The molecule has 0 unspecified atom stereocenters. The molecule has 0 bridgehead atoms. The van der Waals surface area contributed by atoms with Crippen LogP contribution in [0.15, 0.2) is 77.8 Å². The maximum absolute atomic E-state index is 14.0. The Hall–Kier alpha value is -4.09. The van der Waals surface area contributed by atoms with Crippen LogP contribution in [0.3, 0.4) is 0 Å². The van der Waals surface area contributed by atoms with Gasteiger partial charge in [-0.2, -0.15) is 0 Å². The van der Waals surface area contributed by atoms with Crippen molar-refractivity contribution in [1.29, 1.82) is 0 Å². The van der Waals surface area contributed by atoms with Crippen LogP contribution >= 0.6 is 22.7 Å². The van der Waals surface area contributed by atoms with Gasteiger partial charge in [-0.1, -0.05) is 88.4 Å². The summed E-state index contributed by atoms with van der Waals surface area (Å²) < 4.78 is 5.65. The van der Waals surface area contributed by atoms with Gasteiger partial charge in [-0.05, 0) is 48.6 Å². The van der Waals surface area contributed by atoms with E-state index in [1.165, 1.54) is 11.3 Å². The van der Waals surface area contributed by atoms with Crippen LogP contribution < -0.4 is 5.32 Å². The molecular formula is C39H51N5O4S2. The maximum atomic E-state index is 14.0. The third-order valence-corrected chi connectivity index (χ3v) is 10.8. The van der Waals surface area contributed by atoms with Crippen LogP contribution in [0.1, 0.15) is 79.6 Å². The Kier molecular flexibility index (Phi) is 15.0. The highest BCUT2D eigenvalue weighted by atomic mass is 32.1. The highest BCUT2D eigenvalue weighted by Crippen LogP contribution is 2.25. The molecule has 0 spiro atoms. The molecule has 2 aromatic carbocycles. The third-order valence-electron chi connectivity index (χ3n) is 8.84. The standard InChI is InChI=1S/C39H51N5O4S2/c1-27(2)36(42-38(46)43(5)23-32-25-49-37(41-32)28(3)4)35(45)21-31(19-29-13-9-7-10-14-29)17-18-33(20-30-15-11-8-12-16-30)44(6)39(47)48-24-34-22-40-26-50-34/h7-16,22,25-28,31,33,36H,17-21,23-24H2,1-6H3,(H,42,46)/t31-,33-,36+/m1/s1. The van der Waals surface area contributed by atoms with Crippen LogP contribution in [-0.2, 0) is 35.5 Å². The molecule has 0 saturated heterocycles. The van der Waals surface area contributed by atoms with Crippen LogP contribution in [0.5, 0.6) is 0 Å². The predicted octanol–water partition coefficient (Wildman–Crippen LogP) is 8.37. The number of carbonyl (C=O) groups is 3. The van der Waals surface area contributed by atoms with E-state index in [0.29, 0.717) is 44.6 Å². The lowest BCUT2D eigenvalue weighted by Gasteiger charge is -2.30. The van der Waals surface area contributed by atoms with Crippen molar-refractivity contribution in [2.45, 2.75) is 91.0 Å². The largest absolute Gasteiger partial charge is 0.444 e. The van der Waals surface area contributed by atoms with Crippen LogP contribution in [0, 0.1) is 11.8 Å². The number of rotatable bonds is 18. The predicted molar refractivity (Wildman–Crippen MR) is 201 cm³/mol. The Morgan fingerprint density at radius 1 is 0.880 bits per heavy atom. The Bertz CT molecular complexity index is 1610. The molecule has 0 aliphatic heterocycles. The van der Waals surface area contributed by atoms with Crippen molar-refractivity contribution in [3.05, 3.63) is 104 Å². The van der Waals surface area contributed by atoms with E-state index in [0.717, 1.165) is 26.7 Å². The van der Waals surface area contributed by atoms with Gasteiger partial charge in [0.25, 0.3) is 0 Å². The maximum Gasteiger partial charge on any atom is 0.410 e. The summed E-state index contributed by atoms with van der Waals surface area (Å²) in [5.74, 6) is 0.256. The molecule has 268 valence electrons. The van der Waals surface area contributed by atoms with Gasteiger partial charge in [0.15, 0.2) is 5.78 Å². The summed E-state index contributed by atoms with van der Waals surface area (Å²) in [6, 6.07) is 19.2. The molecule has 11 heteroatoms. The van der Waals surface area contributed by atoms with Gasteiger partial charge < -0.3 is 19.9 Å². The molecule has 0 aliphatic rings. The minimum atomic E-state index is -0.630. The van der Waals surface area contributed by atoms with E-state index in [1.807, 2.05) is 55.6 Å². The van der Waals surface area contributed by atoms with Gasteiger partial charge in [0, 0.05) is 44.1 Å². The van der Waals surface area contributed by atoms with Crippen molar-refractivity contribution in [3.8, 4) is 0 Å². The molecule has 3 amide bonds. The van der Waals surface area contributed by atoms with Crippen LogP contribution in [0.2, 0.25) is 0 Å². The van der Waals surface area contributed by atoms with Crippen molar-refractivity contribution in [2.75, 3.05) is 14.1 Å². The molecule has 0 saturated carbocycles. The fourth-order valence-electron chi connectivity index (χ4n) is 5.92. The first-order chi connectivity index (χ1) is 24.0. The number of hydrogen-bond donors (Lipinski definition) is 1. The minimum absolute atomic E-state index is 0.00475. The number of carbonyl (C=O) groups excluding carboxylic acids is 3. The van der Waals surface area contributed by atoms with E-state index in [9.17, 15) is 14.4 Å². The summed E-state index contributed by atoms with van der Waals surface area (Å²) >= 11 is 3.05. The number of amides is 3. The molecule has 4 aromatic rings. The van der Waals surface area contributed by atoms with Gasteiger partial charge in [0.2, 0.25) is 0 Å². The van der Waals surface area contributed by atoms with Crippen LogP contribution in [0.25, 0.3) is 0 Å². The number of urea groups is 1. The summed E-state index contributed by atoms with van der Waals surface area (Å²) in [6.45, 7) is 8.68. The van der Waals surface area contributed by atoms with Crippen molar-refractivity contribution in [3.63, 3.8) is 0 Å². The van der Waals surface area contributed by atoms with Gasteiger partial charge in [-0.15, -0.1) is 22.7 Å². The number of likely N-dealkylation sites (N-methyl/N-ethyl adjacent to an activating group) is 1. The topological polar surface area (TPSA) is 105 Å². The number of Topliss-reactive ketones (excluding diaryl/α,β-unsaturated/α-hetero) is 1. The fraction of sp³-hybridized carbons (Fsp3) is 0.462. The number of benzene rings is 2. The number of thiazole rings is 2. The van der Waals surface area contributed by atoms with E-state index < -0.39 is 6.04 Å². The second-order valence-electron chi connectivity index (χ2n) is 13.6. The third kappa shape index (κ3) is 12.1. The van der Waals surface area contributed by atoms with Crippen molar-refractivity contribution in [2.24, 2.45) is 11.8 Å². The van der Waals surface area contributed by atoms with Gasteiger partial charge in [-0.3, -0.25) is 9.78 Å². The molecule has 1 N–H and O–H groups in total. The number of ketones is 1. The molecule has 4 rings (SSSR count). The molecule has 0 fully saturated rings. The molecule has 2 aromatic heterocycles. The molecule has 0 aliphatic carbocycles. The van der Waals surface area contributed by atoms with Crippen molar-refractivity contribution >= 4 is 40.6 Å². The summed E-state index contributed by atoms with van der Waals surface area (Å²) in [6.07, 6.45) is 4.39. The lowest BCUT2D eigenvalue weighted by Crippen LogP contribution is -2.49. The zero-order valence-corrected chi connectivity index (χ0v) is 31.7. The van der Waals surface area contributed by atoms with E-state index in [-0.39, 0.29) is 42.4 Å². The first-order valence-electron chi connectivity index (χ1n) is 17.3. The average molecular weight is 718 g/mol. The number of ether oxygens (including phenoxy) is 1. The average Bonchev–Trinajstić information content (AvgIpc) is 3.81. The number of hydrogen-bond acceptors (Lipinski definition) is 8. The van der Waals surface area contributed by atoms with E-state index >= 15 is 0 Å². The molecule has 9 nitrogen and oxygen atoms in total. The van der Waals surface area contributed by atoms with Crippen LogP contribution in [0.4, 0.5) is 9.59 Å². The number of nitrogens with zero attached hydrogens (tertiary/aromatic N) is 4. The van der Waals surface area contributed by atoms with E-state index in [2.05, 4.69) is 53.4 Å². The van der Waals surface area contributed by atoms with Gasteiger partial charge in [0.05, 0.1) is 33.7 Å². The second-order valence-corrected chi connectivity index (χ2v) is 15.5. The van der Waals surface area contributed by atoms with Gasteiger partial charge in [0.1, 0.15) is 6.61 Å². The van der Waals surface area contributed by atoms with Crippen LogP contribution in [-0.4, -0.2) is 63.9 Å². The second kappa shape index (κ2) is 19.3. The summed E-state index contributed by atoms with van der Waals surface area (Å²) in [7, 11) is 3.52. The Morgan fingerprint density at radius 3 is 2.12 bits per heavy atom. The highest BCUT2D eigenvalue weighted by molar-refractivity contribution is 7.09. The molecule has 2 heterocycles. The van der Waals surface area contributed by atoms with E-state index in [4.69, 9.17) is 4.74 Å². The SMILES string of the molecule is CC(C)c1nc(CN(C)C(=O)N[C@H](C(=O)C[C@H](CC[C@H](Cc2ccccc2)N(C)C(=O)OCc2cncs2)Cc2ccccc2)C(C)C)cs1. The molecule has 3 atom stereocenters. The normalized spacial score (nSPS) is 13.1. The first kappa shape index (κ1) is 38.7. The van der Waals surface area contributed by atoms with E-state index in [1.54, 1.807) is 46.9 Å². The lowest BCUT2D eigenvalue weighted by molar-refractivity contribution is -0.122. The lowest BCUT2D eigenvalue weighted by atomic mass is 9.85. The Morgan fingerprint density at radius 2 is 1.54 bits per heavy atom. The Balaban J connectivity index is 1.46. The molecular weight excluding hydrogens is 667 g/mol. The van der Waals surface area contributed by atoms with Crippen molar-refractivity contribution in [1.82, 2.24) is 25.1 Å². The summed E-state index contributed by atoms with van der Waals surface area (Å²) in [5, 5.41) is 6.06. The smallest absolute Gasteiger partial charge is 0.410 e. The summed E-state index contributed by atoms with van der Waals surface area (Å²) in [4.78, 5) is 53.5.